The van der Waals surface area contributed by atoms with Crippen LogP contribution in [0.25, 0.3) is 11.3 Å². The lowest BCUT2D eigenvalue weighted by molar-refractivity contribution is 0.416. The van der Waals surface area contributed by atoms with E-state index in [0.717, 1.165) is 12.0 Å². The molecule has 2 N–H and O–H groups in total. The summed E-state index contributed by atoms with van der Waals surface area (Å²) in [5.74, 6) is 0.650. The number of hydrogen-bond donors (Lipinski definition) is 1. The van der Waals surface area contributed by atoms with Crippen molar-refractivity contribution in [2.75, 3.05) is 7.11 Å². The van der Waals surface area contributed by atoms with E-state index in [1.807, 2.05) is 6.92 Å². The van der Waals surface area contributed by atoms with Crippen LogP contribution in [0.1, 0.15) is 18.9 Å². The quantitative estimate of drug-likeness (QED) is 0.921. The van der Waals surface area contributed by atoms with Gasteiger partial charge in [-0.15, -0.1) is 0 Å². The lowest BCUT2D eigenvalue weighted by Gasteiger charge is -2.12. The van der Waals surface area contributed by atoms with Gasteiger partial charge in [-0.05, 0) is 30.7 Å². The predicted octanol–water partition coefficient (Wildman–Crippen LogP) is 2.44. The Bertz CT molecular complexity index is 698. The molecule has 5 nitrogen and oxygen atoms in total. The molecule has 2 aromatic rings. The number of nitrogens with two attached hydrogens (primary N) is 1. The number of aryl methyl sites for hydroxylation is 1. The van der Waals surface area contributed by atoms with Crippen molar-refractivity contribution >= 4 is 11.6 Å². The molecule has 0 saturated heterocycles. The largest absolute Gasteiger partial charge is 0.496 e. The molecule has 21 heavy (non-hydrogen) atoms. The number of methoxy groups -OCH3 is 1. The maximum atomic E-state index is 12.2. The number of aromatic nitrogens is 2. The van der Waals surface area contributed by atoms with E-state index in [1.165, 1.54) is 4.68 Å². The van der Waals surface area contributed by atoms with E-state index in [1.54, 1.807) is 31.4 Å². The highest BCUT2D eigenvalue weighted by Gasteiger charge is 2.13. The second-order valence-corrected chi connectivity index (χ2v) is 5.07. The fourth-order valence-corrected chi connectivity index (χ4v) is 2.29. The molecule has 1 aromatic carbocycles. The molecule has 6 heteroatoms. The van der Waals surface area contributed by atoms with Crippen LogP contribution >= 0.6 is 11.6 Å². The number of nitrogens with zero attached hydrogens (tertiary/aromatic N) is 2. The van der Waals surface area contributed by atoms with Gasteiger partial charge >= 0.3 is 0 Å². The van der Waals surface area contributed by atoms with Gasteiger partial charge in [0.2, 0.25) is 0 Å². The number of ether oxygens (including phenoxy) is 1. The van der Waals surface area contributed by atoms with Crippen LogP contribution in [-0.4, -0.2) is 16.9 Å². The molecule has 1 heterocycles. The van der Waals surface area contributed by atoms with Crippen LogP contribution in [0.5, 0.6) is 5.75 Å². The Labute approximate surface area is 128 Å². The van der Waals surface area contributed by atoms with Gasteiger partial charge in [-0.2, -0.15) is 5.10 Å². The molecule has 0 amide bonds. The maximum absolute atomic E-state index is 12.2. The highest BCUT2D eigenvalue weighted by Crippen LogP contribution is 2.31. The van der Waals surface area contributed by atoms with Gasteiger partial charge in [-0.25, -0.2) is 4.68 Å². The van der Waals surface area contributed by atoms with Crippen LogP contribution in [-0.2, 0) is 13.1 Å². The molecule has 0 unspecified atom stereocenters. The monoisotopic (exact) mass is 307 g/mol. The van der Waals surface area contributed by atoms with E-state index in [2.05, 4.69) is 5.10 Å². The second-order valence-electron chi connectivity index (χ2n) is 4.63. The van der Waals surface area contributed by atoms with Gasteiger partial charge in [0.25, 0.3) is 5.56 Å². The number of hydrogen-bond acceptors (Lipinski definition) is 4. The zero-order valence-corrected chi connectivity index (χ0v) is 12.9. The molecular weight excluding hydrogens is 290 g/mol. The van der Waals surface area contributed by atoms with Gasteiger partial charge in [0, 0.05) is 29.2 Å². The minimum absolute atomic E-state index is 0.149. The van der Waals surface area contributed by atoms with Gasteiger partial charge in [-0.1, -0.05) is 18.5 Å². The summed E-state index contributed by atoms with van der Waals surface area (Å²) in [6.45, 7) is 2.70. The lowest BCUT2D eigenvalue weighted by Crippen LogP contribution is -2.28. The van der Waals surface area contributed by atoms with Crippen LogP contribution in [0.2, 0.25) is 5.02 Å². The third-order valence-electron chi connectivity index (χ3n) is 3.14. The Balaban J connectivity index is 2.66. The van der Waals surface area contributed by atoms with Gasteiger partial charge in [-0.3, -0.25) is 4.79 Å². The summed E-state index contributed by atoms with van der Waals surface area (Å²) in [5.41, 5.74) is 7.41. The van der Waals surface area contributed by atoms with Crippen molar-refractivity contribution in [3.63, 3.8) is 0 Å². The summed E-state index contributed by atoms with van der Waals surface area (Å²) in [6.07, 6.45) is 0.813. The number of rotatable bonds is 5. The zero-order chi connectivity index (χ0) is 15.4. The molecule has 0 aliphatic rings. The van der Waals surface area contributed by atoms with E-state index in [9.17, 15) is 4.79 Å². The first-order chi connectivity index (χ1) is 10.1. The lowest BCUT2D eigenvalue weighted by atomic mass is 10.1. The Morgan fingerprint density at radius 2 is 2.14 bits per heavy atom. The minimum Gasteiger partial charge on any atom is -0.496 e. The van der Waals surface area contributed by atoms with E-state index in [0.29, 0.717) is 28.6 Å². The third-order valence-corrected chi connectivity index (χ3v) is 3.38. The number of benzene rings is 1. The maximum Gasteiger partial charge on any atom is 0.271 e. The van der Waals surface area contributed by atoms with E-state index in [-0.39, 0.29) is 12.1 Å². The molecule has 0 atom stereocenters. The zero-order valence-electron chi connectivity index (χ0n) is 12.1. The highest BCUT2D eigenvalue weighted by atomic mass is 35.5. The fourth-order valence-electron chi connectivity index (χ4n) is 2.12. The van der Waals surface area contributed by atoms with Crippen LogP contribution < -0.4 is 16.0 Å². The third kappa shape index (κ3) is 3.25. The van der Waals surface area contributed by atoms with Crippen molar-refractivity contribution in [2.24, 2.45) is 5.73 Å². The first kappa shape index (κ1) is 15.5. The summed E-state index contributed by atoms with van der Waals surface area (Å²) < 4.78 is 6.78. The van der Waals surface area contributed by atoms with Crippen LogP contribution in [0.15, 0.2) is 29.1 Å². The fraction of sp³-hybridized carbons (Fsp3) is 0.333. The Morgan fingerprint density at radius 3 is 2.76 bits per heavy atom. The van der Waals surface area contributed by atoms with Crippen molar-refractivity contribution < 1.29 is 4.74 Å². The van der Waals surface area contributed by atoms with Crippen LogP contribution in [0, 0.1) is 0 Å². The SMILES string of the molecule is CCCn1nc(-c2cc(Cl)ccc2OC)cc(CN)c1=O. The molecule has 0 fully saturated rings. The Kier molecular flexibility index (Phi) is 4.98. The molecule has 0 aliphatic heterocycles. The molecule has 0 radical (unpaired) electrons. The molecule has 0 saturated carbocycles. The first-order valence-electron chi connectivity index (χ1n) is 6.75. The van der Waals surface area contributed by atoms with Crippen molar-refractivity contribution in [1.82, 2.24) is 9.78 Å². The molecule has 0 bridgehead atoms. The Hall–Kier alpha value is -1.85. The standard InChI is InChI=1S/C15H18ClN3O2/c1-3-6-19-15(20)10(9-17)7-13(18-19)12-8-11(16)4-5-14(12)21-2/h4-5,7-8H,3,6,9,17H2,1-2H3. The topological polar surface area (TPSA) is 70.1 Å². The molecule has 1 aromatic heterocycles. The molecule has 0 aliphatic carbocycles. The van der Waals surface area contributed by atoms with E-state index >= 15 is 0 Å². The van der Waals surface area contributed by atoms with E-state index < -0.39 is 0 Å². The normalized spacial score (nSPS) is 10.7. The molecule has 112 valence electrons. The van der Waals surface area contributed by atoms with Crippen LogP contribution in [0.4, 0.5) is 0 Å². The molecule has 2 rings (SSSR count). The smallest absolute Gasteiger partial charge is 0.271 e. The van der Waals surface area contributed by atoms with Crippen molar-refractivity contribution in [1.29, 1.82) is 0 Å². The summed E-state index contributed by atoms with van der Waals surface area (Å²) in [6, 6.07) is 6.99. The average molecular weight is 308 g/mol. The molecule has 0 spiro atoms. The highest BCUT2D eigenvalue weighted by molar-refractivity contribution is 6.30. The molecular formula is C15H18ClN3O2. The van der Waals surface area contributed by atoms with Crippen molar-refractivity contribution in [3.8, 4) is 17.0 Å². The summed E-state index contributed by atoms with van der Waals surface area (Å²) >= 11 is 6.05. The van der Waals surface area contributed by atoms with E-state index in [4.69, 9.17) is 22.1 Å². The second kappa shape index (κ2) is 6.74. The average Bonchev–Trinajstić information content (AvgIpc) is 2.49. The minimum atomic E-state index is -0.149. The van der Waals surface area contributed by atoms with Gasteiger partial charge in [0.15, 0.2) is 0 Å². The summed E-state index contributed by atoms with van der Waals surface area (Å²) in [7, 11) is 1.58. The summed E-state index contributed by atoms with van der Waals surface area (Å²) in [4.78, 5) is 12.2. The Morgan fingerprint density at radius 1 is 1.38 bits per heavy atom. The van der Waals surface area contributed by atoms with Gasteiger partial charge < -0.3 is 10.5 Å². The first-order valence-corrected chi connectivity index (χ1v) is 7.13. The van der Waals surface area contributed by atoms with Crippen molar-refractivity contribution in [2.45, 2.75) is 26.4 Å². The number of halogens is 1. The predicted molar refractivity (Wildman–Crippen MR) is 83.7 cm³/mol. The van der Waals surface area contributed by atoms with Gasteiger partial charge in [0.1, 0.15) is 5.75 Å². The van der Waals surface area contributed by atoms with Gasteiger partial charge in [0.05, 0.1) is 12.8 Å². The summed E-state index contributed by atoms with van der Waals surface area (Å²) in [5, 5.41) is 4.98. The van der Waals surface area contributed by atoms with Crippen molar-refractivity contribution in [3.05, 3.63) is 45.2 Å². The van der Waals surface area contributed by atoms with Crippen LogP contribution in [0.3, 0.4) is 0 Å².